The summed E-state index contributed by atoms with van der Waals surface area (Å²) in [5, 5.41) is 0. The van der Waals surface area contributed by atoms with E-state index in [9.17, 15) is 4.79 Å². The summed E-state index contributed by atoms with van der Waals surface area (Å²) in [5.74, 6) is 0. The van der Waals surface area contributed by atoms with Gasteiger partial charge in [-0.2, -0.15) is 0 Å². The fourth-order valence-electron chi connectivity index (χ4n) is 1.31. The smallest absolute Gasteiger partial charge is 0.418 e. The van der Waals surface area contributed by atoms with Gasteiger partial charge in [0.1, 0.15) is 0 Å². The predicted molar refractivity (Wildman–Crippen MR) is 59.1 cm³/mol. The van der Waals surface area contributed by atoms with E-state index in [1.54, 1.807) is 12.1 Å². The number of carbonyl (C=O) groups excluding carboxylic acids is 1. The van der Waals surface area contributed by atoms with Crippen LogP contribution in [-0.2, 0) is 14.2 Å². The Morgan fingerprint density at radius 1 is 1.12 bits per heavy atom. The molecule has 0 unspecified atom stereocenters. The highest BCUT2D eigenvalue weighted by Crippen LogP contribution is 2.18. The number of rotatable bonds is 4. The molecule has 0 N–H and O–H groups in total. The van der Waals surface area contributed by atoms with Gasteiger partial charge in [-0.15, -0.1) is 0 Å². The summed E-state index contributed by atoms with van der Waals surface area (Å²) in [5.41, 5.74) is 0.642. The summed E-state index contributed by atoms with van der Waals surface area (Å²) in [6, 6.07) is 9.01. The van der Waals surface area contributed by atoms with E-state index in [2.05, 4.69) is 4.74 Å². The number of anilines is 1. The Balaban J connectivity index is 3.00. The van der Waals surface area contributed by atoms with Gasteiger partial charge in [0.25, 0.3) is 0 Å². The summed E-state index contributed by atoms with van der Waals surface area (Å²) >= 11 is 0. The van der Waals surface area contributed by atoms with Gasteiger partial charge in [-0.1, -0.05) is 18.2 Å². The van der Waals surface area contributed by atoms with Crippen molar-refractivity contribution >= 4 is 11.8 Å². The molecule has 1 aromatic carbocycles. The molecule has 0 heterocycles. The van der Waals surface area contributed by atoms with Crippen LogP contribution in [0.5, 0.6) is 0 Å². The van der Waals surface area contributed by atoms with Crippen molar-refractivity contribution in [2.45, 2.75) is 6.41 Å². The summed E-state index contributed by atoms with van der Waals surface area (Å²) in [4.78, 5) is 12.9. The maximum absolute atomic E-state index is 11.6. The normalized spacial score (nSPS) is 10.2. The Hall–Kier alpha value is -1.59. The fourth-order valence-corrected chi connectivity index (χ4v) is 1.31. The number of nitrogens with zero attached hydrogens (tertiary/aromatic N) is 1. The molecule has 0 fully saturated rings. The molecule has 0 aliphatic rings. The fraction of sp³-hybridized carbons (Fsp3) is 0.364. The van der Waals surface area contributed by atoms with E-state index in [0.29, 0.717) is 5.69 Å². The van der Waals surface area contributed by atoms with Crippen molar-refractivity contribution in [3.8, 4) is 0 Å². The van der Waals surface area contributed by atoms with Crippen molar-refractivity contribution in [3.63, 3.8) is 0 Å². The number of ether oxygens (including phenoxy) is 3. The van der Waals surface area contributed by atoms with Crippen LogP contribution in [-0.4, -0.2) is 33.8 Å². The third-order valence-electron chi connectivity index (χ3n) is 2.02. The Morgan fingerprint density at radius 2 is 1.69 bits per heavy atom. The summed E-state index contributed by atoms with van der Waals surface area (Å²) in [7, 11) is 4.21. The minimum absolute atomic E-state index is 0.542. The molecule has 0 saturated heterocycles. The lowest BCUT2D eigenvalue weighted by atomic mass is 10.3. The lowest BCUT2D eigenvalue weighted by Crippen LogP contribution is -2.42. The minimum atomic E-state index is -0.810. The lowest BCUT2D eigenvalue weighted by molar-refractivity contribution is -0.0988. The molecule has 1 aromatic rings. The standard InChI is InChI=1S/C11H15NO4/c1-14-10(13)12(11(15-2)16-3)9-7-5-4-6-8-9/h4-8,11H,1-3H3. The topological polar surface area (TPSA) is 48.0 Å². The SMILES string of the molecule is COC(=O)N(c1ccccc1)C(OC)OC. The van der Waals surface area contributed by atoms with E-state index >= 15 is 0 Å². The Labute approximate surface area is 94.5 Å². The molecule has 0 radical (unpaired) electrons. The van der Waals surface area contributed by atoms with Gasteiger partial charge < -0.3 is 14.2 Å². The molecule has 1 amide bonds. The van der Waals surface area contributed by atoms with Crippen LogP contribution >= 0.6 is 0 Å². The number of hydrogen-bond acceptors (Lipinski definition) is 4. The number of benzene rings is 1. The molecule has 5 heteroatoms. The molecule has 0 aromatic heterocycles. The maximum Gasteiger partial charge on any atom is 0.418 e. The average molecular weight is 225 g/mol. The highest BCUT2D eigenvalue weighted by molar-refractivity contribution is 5.87. The number of amides is 1. The molecule has 0 atom stereocenters. The maximum atomic E-state index is 11.6. The first-order valence-corrected chi connectivity index (χ1v) is 4.72. The van der Waals surface area contributed by atoms with Crippen LogP contribution in [0.3, 0.4) is 0 Å². The quantitative estimate of drug-likeness (QED) is 0.733. The molecule has 1 rings (SSSR count). The van der Waals surface area contributed by atoms with Crippen molar-refractivity contribution in [1.29, 1.82) is 0 Å². The number of methoxy groups -OCH3 is 3. The monoisotopic (exact) mass is 225 g/mol. The van der Waals surface area contributed by atoms with Gasteiger partial charge in [-0.05, 0) is 12.1 Å². The second kappa shape index (κ2) is 6.09. The highest BCUT2D eigenvalue weighted by atomic mass is 16.7. The van der Waals surface area contributed by atoms with Crippen LogP contribution in [0.1, 0.15) is 0 Å². The van der Waals surface area contributed by atoms with Gasteiger partial charge in [0, 0.05) is 14.2 Å². The molecule has 0 spiro atoms. The number of para-hydroxylation sites is 1. The molecular weight excluding hydrogens is 210 g/mol. The van der Waals surface area contributed by atoms with Gasteiger partial charge in [-0.25, -0.2) is 9.69 Å². The zero-order valence-corrected chi connectivity index (χ0v) is 9.54. The molecule has 5 nitrogen and oxygen atoms in total. The van der Waals surface area contributed by atoms with Crippen LogP contribution in [0.15, 0.2) is 30.3 Å². The number of hydrogen-bond donors (Lipinski definition) is 0. The van der Waals surface area contributed by atoms with E-state index in [1.165, 1.54) is 26.2 Å². The number of carbonyl (C=O) groups is 1. The van der Waals surface area contributed by atoms with Crippen molar-refractivity contribution in [3.05, 3.63) is 30.3 Å². The minimum Gasteiger partial charge on any atom is -0.452 e. The van der Waals surface area contributed by atoms with Gasteiger partial charge in [0.15, 0.2) is 0 Å². The van der Waals surface area contributed by atoms with Crippen LogP contribution in [0.4, 0.5) is 10.5 Å². The summed E-state index contributed by atoms with van der Waals surface area (Å²) in [6.07, 6.45) is -1.35. The van der Waals surface area contributed by atoms with Crippen LogP contribution in [0.25, 0.3) is 0 Å². The second-order valence-corrected chi connectivity index (χ2v) is 2.95. The first-order chi connectivity index (χ1) is 7.74. The summed E-state index contributed by atoms with van der Waals surface area (Å²) < 4.78 is 14.8. The van der Waals surface area contributed by atoms with Gasteiger partial charge in [-0.3, -0.25) is 0 Å². The molecule has 0 aliphatic heterocycles. The molecule has 0 aliphatic carbocycles. The van der Waals surface area contributed by atoms with Crippen LogP contribution in [0.2, 0.25) is 0 Å². The molecule has 88 valence electrons. The van der Waals surface area contributed by atoms with E-state index in [1.807, 2.05) is 18.2 Å². The lowest BCUT2D eigenvalue weighted by Gasteiger charge is -2.27. The average Bonchev–Trinajstić information content (AvgIpc) is 2.36. The molecule has 0 saturated carbocycles. The van der Waals surface area contributed by atoms with E-state index in [4.69, 9.17) is 9.47 Å². The highest BCUT2D eigenvalue weighted by Gasteiger charge is 2.25. The van der Waals surface area contributed by atoms with Crippen molar-refractivity contribution in [2.75, 3.05) is 26.2 Å². The Bertz CT molecular complexity index is 324. The first-order valence-electron chi connectivity index (χ1n) is 4.72. The first kappa shape index (κ1) is 12.5. The van der Waals surface area contributed by atoms with E-state index < -0.39 is 12.5 Å². The van der Waals surface area contributed by atoms with E-state index in [-0.39, 0.29) is 0 Å². The largest absolute Gasteiger partial charge is 0.452 e. The molecule has 16 heavy (non-hydrogen) atoms. The van der Waals surface area contributed by atoms with Crippen molar-refractivity contribution < 1.29 is 19.0 Å². The van der Waals surface area contributed by atoms with Crippen LogP contribution in [0, 0.1) is 0 Å². The molecular formula is C11H15NO4. The Kier molecular flexibility index (Phi) is 4.75. The predicted octanol–water partition coefficient (Wildman–Crippen LogP) is 1.84. The zero-order valence-electron chi connectivity index (χ0n) is 9.54. The Morgan fingerprint density at radius 3 is 2.12 bits per heavy atom. The summed E-state index contributed by atoms with van der Waals surface area (Å²) in [6.45, 7) is 0. The van der Waals surface area contributed by atoms with Crippen molar-refractivity contribution in [1.82, 2.24) is 0 Å². The van der Waals surface area contributed by atoms with E-state index in [0.717, 1.165) is 0 Å². The van der Waals surface area contributed by atoms with Gasteiger partial charge in [0.2, 0.25) is 6.41 Å². The van der Waals surface area contributed by atoms with Crippen LogP contribution < -0.4 is 4.90 Å². The third kappa shape index (κ3) is 2.71. The second-order valence-electron chi connectivity index (χ2n) is 2.95. The van der Waals surface area contributed by atoms with Crippen molar-refractivity contribution in [2.24, 2.45) is 0 Å². The molecule has 0 bridgehead atoms. The zero-order chi connectivity index (χ0) is 12.0. The third-order valence-corrected chi connectivity index (χ3v) is 2.02. The van der Waals surface area contributed by atoms with Gasteiger partial charge >= 0.3 is 6.09 Å². The van der Waals surface area contributed by atoms with Gasteiger partial charge in [0.05, 0.1) is 12.8 Å².